The number of fused-ring (bicyclic) bond motifs is 1. The predicted octanol–water partition coefficient (Wildman–Crippen LogP) is 3.86. The van der Waals surface area contributed by atoms with Gasteiger partial charge in [0.15, 0.2) is 10.8 Å². The minimum Gasteiger partial charge on any atom is -0.325 e. The number of rotatable bonds is 5. The number of aromatic amines is 1. The second-order valence-corrected chi connectivity index (χ2v) is 7.38. The lowest BCUT2D eigenvalue weighted by Crippen LogP contribution is -2.16. The van der Waals surface area contributed by atoms with Gasteiger partial charge in [0.25, 0.3) is 5.56 Å². The van der Waals surface area contributed by atoms with Crippen LogP contribution >= 0.6 is 11.8 Å². The third kappa shape index (κ3) is 4.61. The summed E-state index contributed by atoms with van der Waals surface area (Å²) < 4.78 is 39.4. The van der Waals surface area contributed by atoms with Crippen LogP contribution in [0.3, 0.4) is 0 Å². The molecule has 0 atom stereocenters. The number of hydrogen-bond donors (Lipinski definition) is 2. The molecule has 0 bridgehead atoms. The molecule has 2 heterocycles. The van der Waals surface area contributed by atoms with Crippen LogP contribution in [0, 0.1) is 0 Å². The van der Waals surface area contributed by atoms with E-state index >= 15 is 0 Å². The van der Waals surface area contributed by atoms with E-state index in [0.717, 1.165) is 29.6 Å². The average molecular weight is 445 g/mol. The summed E-state index contributed by atoms with van der Waals surface area (Å²) in [5.41, 5.74) is 0.118. The van der Waals surface area contributed by atoms with Crippen molar-refractivity contribution in [1.29, 1.82) is 0 Å². The Balaban J connectivity index is 1.47. The molecule has 0 aliphatic carbocycles. The molecule has 31 heavy (non-hydrogen) atoms. The highest BCUT2D eigenvalue weighted by Gasteiger charge is 2.30. The molecule has 4 aromatic rings. The van der Waals surface area contributed by atoms with Crippen LogP contribution in [0.1, 0.15) is 5.56 Å². The molecule has 0 spiro atoms. The van der Waals surface area contributed by atoms with Gasteiger partial charge in [-0.25, -0.2) is 9.67 Å². The fraction of sp³-hybridized carbons (Fsp3) is 0.100. The number of nitrogens with zero attached hydrogens (tertiary/aromatic N) is 3. The van der Waals surface area contributed by atoms with Gasteiger partial charge in [0.05, 0.1) is 23.2 Å². The lowest BCUT2D eigenvalue weighted by molar-refractivity contribution is -0.137. The molecule has 2 aromatic heterocycles. The van der Waals surface area contributed by atoms with E-state index in [4.69, 9.17) is 0 Å². The zero-order valence-corrected chi connectivity index (χ0v) is 16.5. The highest BCUT2D eigenvalue weighted by Crippen LogP contribution is 2.29. The zero-order valence-electron chi connectivity index (χ0n) is 15.7. The van der Waals surface area contributed by atoms with Gasteiger partial charge in [0.1, 0.15) is 5.39 Å². The number of amides is 1. The molecule has 1 amide bonds. The van der Waals surface area contributed by atoms with E-state index in [2.05, 4.69) is 20.4 Å². The van der Waals surface area contributed by atoms with Crippen molar-refractivity contribution >= 4 is 34.4 Å². The van der Waals surface area contributed by atoms with Crippen molar-refractivity contribution in [3.05, 3.63) is 76.7 Å². The number of halogens is 3. The molecule has 0 fully saturated rings. The van der Waals surface area contributed by atoms with Crippen LogP contribution in [0.5, 0.6) is 0 Å². The van der Waals surface area contributed by atoms with E-state index in [9.17, 15) is 22.8 Å². The second kappa shape index (κ2) is 8.26. The quantitative estimate of drug-likeness (QED) is 0.360. The molecule has 0 saturated carbocycles. The van der Waals surface area contributed by atoms with Gasteiger partial charge in [-0.15, -0.1) is 0 Å². The number of thioether (sulfide) groups is 1. The molecule has 2 N–H and O–H groups in total. The van der Waals surface area contributed by atoms with Gasteiger partial charge in [-0.1, -0.05) is 30.0 Å². The van der Waals surface area contributed by atoms with E-state index in [0.29, 0.717) is 11.0 Å². The summed E-state index contributed by atoms with van der Waals surface area (Å²) in [6, 6.07) is 13.3. The number of hydrogen-bond acceptors (Lipinski definition) is 5. The summed E-state index contributed by atoms with van der Waals surface area (Å²) in [4.78, 5) is 31.5. The van der Waals surface area contributed by atoms with Gasteiger partial charge < -0.3 is 10.3 Å². The number of carbonyl (C=O) groups is 1. The summed E-state index contributed by atoms with van der Waals surface area (Å²) in [6.45, 7) is 0. The fourth-order valence-corrected chi connectivity index (χ4v) is 3.45. The summed E-state index contributed by atoms with van der Waals surface area (Å²) >= 11 is 0.992. The smallest absolute Gasteiger partial charge is 0.325 e. The molecule has 0 aliphatic heterocycles. The Kier molecular flexibility index (Phi) is 5.51. The number of para-hydroxylation sites is 1. The molecule has 2 aromatic carbocycles. The van der Waals surface area contributed by atoms with Gasteiger partial charge in [-0.3, -0.25) is 9.59 Å². The minimum atomic E-state index is -4.44. The second-order valence-electron chi connectivity index (χ2n) is 6.41. The van der Waals surface area contributed by atoms with E-state index in [-0.39, 0.29) is 16.6 Å². The Morgan fingerprint density at radius 2 is 1.81 bits per heavy atom. The molecular formula is C20H14F3N5O2S. The molecule has 7 nitrogen and oxygen atoms in total. The molecule has 0 aliphatic rings. The predicted molar refractivity (Wildman–Crippen MR) is 110 cm³/mol. The van der Waals surface area contributed by atoms with E-state index in [1.807, 2.05) is 30.3 Å². The molecule has 158 valence electrons. The molecule has 4 rings (SSSR count). The SMILES string of the molecule is O=C(CSc1nc2c(cnn2-c2ccccc2)c(=O)[nH]1)Nc1ccc(C(F)(F)F)cc1. The van der Waals surface area contributed by atoms with Crippen molar-refractivity contribution in [2.45, 2.75) is 11.3 Å². The summed E-state index contributed by atoms with van der Waals surface area (Å²) in [5, 5.41) is 7.25. The van der Waals surface area contributed by atoms with Crippen molar-refractivity contribution in [3.8, 4) is 5.69 Å². The van der Waals surface area contributed by atoms with Gasteiger partial charge in [-0.2, -0.15) is 18.3 Å². The van der Waals surface area contributed by atoms with Crippen molar-refractivity contribution in [1.82, 2.24) is 19.7 Å². The third-order valence-electron chi connectivity index (χ3n) is 4.25. The Morgan fingerprint density at radius 3 is 2.48 bits per heavy atom. The number of H-pyrrole nitrogens is 1. The zero-order chi connectivity index (χ0) is 22.0. The van der Waals surface area contributed by atoms with Crippen molar-refractivity contribution in [2.24, 2.45) is 0 Å². The minimum absolute atomic E-state index is 0.102. The van der Waals surface area contributed by atoms with Crippen LogP contribution in [0.4, 0.5) is 18.9 Å². The van der Waals surface area contributed by atoms with Crippen LogP contribution < -0.4 is 10.9 Å². The maximum atomic E-state index is 12.6. The van der Waals surface area contributed by atoms with Gasteiger partial charge >= 0.3 is 6.18 Å². The first kappa shape index (κ1) is 20.7. The number of carbonyl (C=O) groups excluding carboxylic acids is 1. The molecule has 11 heteroatoms. The first-order valence-corrected chi connectivity index (χ1v) is 9.93. The maximum Gasteiger partial charge on any atom is 0.416 e. The van der Waals surface area contributed by atoms with Crippen molar-refractivity contribution in [3.63, 3.8) is 0 Å². The van der Waals surface area contributed by atoms with Crippen LogP contribution in [-0.2, 0) is 11.0 Å². The number of benzene rings is 2. The van der Waals surface area contributed by atoms with Gasteiger partial charge in [0, 0.05) is 5.69 Å². The lowest BCUT2D eigenvalue weighted by atomic mass is 10.2. The van der Waals surface area contributed by atoms with Crippen molar-refractivity contribution < 1.29 is 18.0 Å². The standard InChI is InChI=1S/C20H14F3N5O2S/c21-20(22,23)12-6-8-13(9-7-12)25-16(29)11-31-19-26-17-15(18(30)27-19)10-24-28(17)14-4-2-1-3-5-14/h1-10H,11H2,(H,25,29)(H,26,27,30). The monoisotopic (exact) mass is 445 g/mol. The van der Waals surface area contributed by atoms with Crippen molar-refractivity contribution in [2.75, 3.05) is 11.1 Å². The van der Waals surface area contributed by atoms with E-state index in [1.54, 1.807) is 0 Å². The van der Waals surface area contributed by atoms with E-state index in [1.165, 1.54) is 23.0 Å². The van der Waals surface area contributed by atoms with E-state index < -0.39 is 23.2 Å². The molecular weight excluding hydrogens is 431 g/mol. The van der Waals surface area contributed by atoms with Crippen LogP contribution in [0.2, 0.25) is 0 Å². The Morgan fingerprint density at radius 1 is 1.10 bits per heavy atom. The third-order valence-corrected chi connectivity index (χ3v) is 5.13. The summed E-state index contributed by atoms with van der Waals surface area (Å²) in [5.74, 6) is -0.557. The number of nitrogens with one attached hydrogen (secondary N) is 2. The van der Waals surface area contributed by atoms with Crippen LogP contribution in [0.15, 0.2) is 70.7 Å². The Bertz CT molecular complexity index is 1280. The average Bonchev–Trinajstić information content (AvgIpc) is 3.17. The molecule has 0 saturated heterocycles. The first-order valence-electron chi connectivity index (χ1n) is 8.94. The normalized spacial score (nSPS) is 11.6. The van der Waals surface area contributed by atoms with Crippen LogP contribution in [-0.4, -0.2) is 31.4 Å². The number of alkyl halides is 3. The topological polar surface area (TPSA) is 92.7 Å². The Labute approximate surface area is 177 Å². The van der Waals surface area contributed by atoms with Gasteiger partial charge in [0.2, 0.25) is 5.91 Å². The lowest BCUT2D eigenvalue weighted by Gasteiger charge is -2.08. The highest BCUT2D eigenvalue weighted by molar-refractivity contribution is 7.99. The van der Waals surface area contributed by atoms with Crippen LogP contribution in [0.25, 0.3) is 16.7 Å². The largest absolute Gasteiger partial charge is 0.416 e. The number of aromatic nitrogens is 4. The fourth-order valence-electron chi connectivity index (χ4n) is 2.80. The summed E-state index contributed by atoms with van der Waals surface area (Å²) in [7, 11) is 0. The maximum absolute atomic E-state index is 12.6. The molecule has 0 unspecified atom stereocenters. The summed E-state index contributed by atoms with van der Waals surface area (Å²) in [6.07, 6.45) is -3.03. The highest BCUT2D eigenvalue weighted by atomic mass is 32.2. The number of anilines is 1. The first-order chi connectivity index (χ1) is 14.8. The Hall–Kier alpha value is -3.60. The molecule has 0 radical (unpaired) electrons. The van der Waals surface area contributed by atoms with Gasteiger partial charge in [-0.05, 0) is 36.4 Å².